The van der Waals surface area contributed by atoms with Crippen molar-refractivity contribution < 1.29 is 0 Å². The van der Waals surface area contributed by atoms with Crippen LogP contribution in [0.3, 0.4) is 0 Å². The van der Waals surface area contributed by atoms with Gasteiger partial charge in [0.15, 0.2) is 0 Å². The molecule has 0 aliphatic carbocycles. The lowest BCUT2D eigenvalue weighted by Gasteiger charge is -2.35. The zero-order valence-electron chi connectivity index (χ0n) is 11.3. The summed E-state index contributed by atoms with van der Waals surface area (Å²) < 4.78 is 0.941. The summed E-state index contributed by atoms with van der Waals surface area (Å²) in [5.41, 5.74) is 4.29. The maximum Gasteiger partial charge on any atom is 0.101 e. The van der Waals surface area contributed by atoms with E-state index in [1.54, 1.807) is 0 Å². The summed E-state index contributed by atoms with van der Waals surface area (Å²) in [6.45, 7) is 3.21. The van der Waals surface area contributed by atoms with Crippen LogP contribution in [0.2, 0.25) is 0 Å². The number of fused-ring (bicyclic) bond motifs is 1. The van der Waals surface area contributed by atoms with Gasteiger partial charge in [-0.3, -0.25) is 0 Å². The third-order valence-corrected chi connectivity index (χ3v) is 4.21. The Bertz CT molecular complexity index is 688. The third kappa shape index (κ3) is 2.32. The van der Waals surface area contributed by atoms with E-state index >= 15 is 0 Å². The second kappa shape index (κ2) is 5.30. The van der Waals surface area contributed by atoms with E-state index in [1.165, 1.54) is 11.3 Å². The second-order valence-electron chi connectivity index (χ2n) is 5.32. The van der Waals surface area contributed by atoms with Crippen LogP contribution in [0.15, 0.2) is 46.9 Å². The zero-order chi connectivity index (χ0) is 14.1. The summed E-state index contributed by atoms with van der Waals surface area (Å²) in [5, 5.41) is 9.39. The van der Waals surface area contributed by atoms with E-state index in [2.05, 4.69) is 58.1 Å². The van der Waals surface area contributed by atoms with Gasteiger partial charge in [0.1, 0.15) is 6.07 Å². The van der Waals surface area contributed by atoms with Crippen LogP contribution in [-0.2, 0) is 6.42 Å². The number of anilines is 2. The Morgan fingerprint density at radius 3 is 2.80 bits per heavy atom. The van der Waals surface area contributed by atoms with Gasteiger partial charge in [0.25, 0.3) is 0 Å². The van der Waals surface area contributed by atoms with E-state index in [1.807, 2.05) is 18.2 Å². The fourth-order valence-corrected chi connectivity index (χ4v) is 3.22. The molecule has 0 N–H and O–H groups in total. The summed E-state index contributed by atoms with van der Waals surface area (Å²) in [4.78, 5) is 2.27. The summed E-state index contributed by atoms with van der Waals surface area (Å²) >= 11 is 3.44. The van der Waals surface area contributed by atoms with Gasteiger partial charge < -0.3 is 4.90 Å². The highest BCUT2D eigenvalue weighted by molar-refractivity contribution is 9.10. The van der Waals surface area contributed by atoms with Crippen molar-refractivity contribution in [2.24, 2.45) is 5.92 Å². The maximum absolute atomic E-state index is 9.39. The number of hydrogen-bond donors (Lipinski definition) is 0. The van der Waals surface area contributed by atoms with Crippen LogP contribution < -0.4 is 4.90 Å². The molecule has 2 aromatic rings. The minimum atomic E-state index is 0.583. The average molecular weight is 327 g/mol. The van der Waals surface area contributed by atoms with Crippen LogP contribution in [0.1, 0.15) is 18.1 Å². The summed E-state index contributed by atoms with van der Waals surface area (Å²) in [5.74, 6) is 0.583. The molecule has 3 rings (SSSR count). The third-order valence-electron chi connectivity index (χ3n) is 3.71. The Morgan fingerprint density at radius 2 is 2.00 bits per heavy atom. The van der Waals surface area contributed by atoms with Crippen molar-refractivity contribution in [2.75, 3.05) is 11.4 Å². The molecule has 0 saturated carbocycles. The van der Waals surface area contributed by atoms with Crippen molar-refractivity contribution in [3.8, 4) is 6.07 Å². The summed E-state index contributed by atoms with van der Waals surface area (Å²) in [7, 11) is 0. The zero-order valence-corrected chi connectivity index (χ0v) is 12.9. The molecule has 0 aromatic heterocycles. The molecule has 0 amide bonds. The molecule has 1 heterocycles. The lowest BCUT2D eigenvalue weighted by atomic mass is 9.93. The van der Waals surface area contributed by atoms with Crippen LogP contribution in [0.4, 0.5) is 11.4 Å². The molecule has 0 fully saturated rings. The molecular formula is C17H15BrN2. The van der Waals surface area contributed by atoms with E-state index in [0.717, 1.165) is 23.1 Å². The number of nitriles is 1. The van der Waals surface area contributed by atoms with Crippen LogP contribution in [0.5, 0.6) is 0 Å². The van der Waals surface area contributed by atoms with Crippen molar-refractivity contribution in [3.63, 3.8) is 0 Å². The average Bonchev–Trinajstić information content (AvgIpc) is 2.46. The molecule has 0 saturated heterocycles. The van der Waals surface area contributed by atoms with Gasteiger partial charge in [0, 0.05) is 16.7 Å². The standard InChI is InChI=1S/C17H15BrN2/c1-12-8-13-4-2-3-5-16(13)20(11-12)17-7-6-15(18)9-14(17)10-19/h2-7,9,12H,8,11H2,1H3. The molecule has 1 atom stereocenters. The number of benzene rings is 2. The van der Waals surface area contributed by atoms with Crippen molar-refractivity contribution in [1.29, 1.82) is 5.26 Å². The van der Waals surface area contributed by atoms with Crippen LogP contribution in [-0.4, -0.2) is 6.54 Å². The molecule has 1 aliphatic rings. The fourth-order valence-electron chi connectivity index (χ4n) is 2.86. The lowest BCUT2D eigenvalue weighted by Crippen LogP contribution is -2.30. The molecule has 0 spiro atoms. The minimum absolute atomic E-state index is 0.583. The molecule has 1 aliphatic heterocycles. The first-order chi connectivity index (χ1) is 9.69. The van der Waals surface area contributed by atoms with Crippen molar-refractivity contribution in [3.05, 3.63) is 58.1 Å². The Balaban J connectivity index is 2.14. The molecule has 2 nitrogen and oxygen atoms in total. The quantitative estimate of drug-likeness (QED) is 0.762. The highest BCUT2D eigenvalue weighted by Crippen LogP contribution is 2.37. The summed E-state index contributed by atoms with van der Waals surface area (Å²) in [6.07, 6.45) is 1.10. The Kier molecular flexibility index (Phi) is 3.50. The SMILES string of the molecule is CC1Cc2ccccc2N(c2ccc(Br)cc2C#N)C1. The molecule has 0 bridgehead atoms. The molecule has 100 valence electrons. The Morgan fingerprint density at radius 1 is 1.20 bits per heavy atom. The molecule has 20 heavy (non-hydrogen) atoms. The van der Waals surface area contributed by atoms with Gasteiger partial charge in [0.05, 0.1) is 11.3 Å². The van der Waals surface area contributed by atoms with Gasteiger partial charge in [-0.1, -0.05) is 41.1 Å². The van der Waals surface area contributed by atoms with E-state index in [9.17, 15) is 5.26 Å². The van der Waals surface area contributed by atoms with Crippen LogP contribution in [0.25, 0.3) is 0 Å². The Labute approximate surface area is 127 Å². The van der Waals surface area contributed by atoms with Crippen LogP contribution >= 0.6 is 15.9 Å². The lowest BCUT2D eigenvalue weighted by molar-refractivity contribution is 0.562. The van der Waals surface area contributed by atoms with Gasteiger partial charge in [-0.25, -0.2) is 0 Å². The van der Waals surface area contributed by atoms with E-state index in [0.29, 0.717) is 11.5 Å². The molecule has 1 unspecified atom stereocenters. The molecule has 0 radical (unpaired) electrons. The number of para-hydroxylation sites is 1. The number of nitrogens with zero attached hydrogens (tertiary/aromatic N) is 2. The molecule has 2 aromatic carbocycles. The van der Waals surface area contributed by atoms with Gasteiger partial charge in [-0.2, -0.15) is 5.26 Å². The first-order valence-electron chi connectivity index (χ1n) is 6.74. The van der Waals surface area contributed by atoms with Crippen molar-refractivity contribution >= 4 is 27.3 Å². The fraction of sp³-hybridized carbons (Fsp3) is 0.235. The van der Waals surface area contributed by atoms with E-state index in [4.69, 9.17) is 0 Å². The highest BCUT2D eigenvalue weighted by atomic mass is 79.9. The van der Waals surface area contributed by atoms with Gasteiger partial charge in [-0.15, -0.1) is 0 Å². The van der Waals surface area contributed by atoms with Crippen LogP contribution in [0, 0.1) is 17.2 Å². The molecular weight excluding hydrogens is 312 g/mol. The first-order valence-corrected chi connectivity index (χ1v) is 7.53. The number of hydrogen-bond acceptors (Lipinski definition) is 2. The normalized spacial score (nSPS) is 17.4. The smallest absolute Gasteiger partial charge is 0.101 e. The minimum Gasteiger partial charge on any atom is -0.340 e. The van der Waals surface area contributed by atoms with Crippen molar-refractivity contribution in [2.45, 2.75) is 13.3 Å². The largest absolute Gasteiger partial charge is 0.340 e. The molecule has 3 heteroatoms. The van der Waals surface area contributed by atoms with Gasteiger partial charge in [-0.05, 0) is 42.2 Å². The number of rotatable bonds is 1. The van der Waals surface area contributed by atoms with Gasteiger partial charge in [0.2, 0.25) is 0 Å². The van der Waals surface area contributed by atoms with Gasteiger partial charge >= 0.3 is 0 Å². The van der Waals surface area contributed by atoms with E-state index < -0.39 is 0 Å². The first kappa shape index (κ1) is 13.2. The predicted octanol–water partition coefficient (Wildman–Crippen LogP) is 4.65. The topological polar surface area (TPSA) is 27.0 Å². The summed E-state index contributed by atoms with van der Waals surface area (Å²) in [6, 6.07) is 16.7. The second-order valence-corrected chi connectivity index (χ2v) is 6.24. The number of halogens is 1. The van der Waals surface area contributed by atoms with E-state index in [-0.39, 0.29) is 0 Å². The predicted molar refractivity (Wildman–Crippen MR) is 85.2 cm³/mol. The Hall–Kier alpha value is -1.79. The van der Waals surface area contributed by atoms with Crippen molar-refractivity contribution in [1.82, 2.24) is 0 Å². The highest BCUT2D eigenvalue weighted by Gasteiger charge is 2.24. The maximum atomic E-state index is 9.39. The monoisotopic (exact) mass is 326 g/mol.